The summed E-state index contributed by atoms with van der Waals surface area (Å²) in [7, 11) is 3.18. The molecule has 2 aromatic heterocycles. The molecule has 1 N–H and O–H groups in total. The molecule has 0 unspecified atom stereocenters. The van der Waals surface area contributed by atoms with Crippen molar-refractivity contribution in [3.05, 3.63) is 69.6 Å². The van der Waals surface area contributed by atoms with E-state index in [1.54, 1.807) is 63.7 Å². The van der Waals surface area contributed by atoms with Crippen molar-refractivity contribution in [2.45, 2.75) is 31.1 Å². The SMILES string of the molecule is CO/C(C)=N\SC1(COc2nccc3cc(C(=O)NCc4ccc(C#N)cc4)c(=O)n(C)c23)CC1. The molecule has 0 atom stereocenters. The minimum absolute atomic E-state index is 0.0318. The Kier molecular flexibility index (Phi) is 7.07. The molecule has 0 spiro atoms. The van der Waals surface area contributed by atoms with Crippen LogP contribution in [0.5, 0.6) is 5.88 Å². The number of benzene rings is 1. The quantitative estimate of drug-likeness (QED) is 0.292. The lowest BCUT2D eigenvalue weighted by Crippen LogP contribution is -2.32. The fourth-order valence-corrected chi connectivity index (χ4v) is 4.24. The van der Waals surface area contributed by atoms with Gasteiger partial charge in [-0.25, -0.2) is 4.98 Å². The lowest BCUT2D eigenvalue weighted by atomic mass is 10.1. The van der Waals surface area contributed by atoms with Gasteiger partial charge in [-0.2, -0.15) is 9.66 Å². The summed E-state index contributed by atoms with van der Waals surface area (Å²) < 4.78 is 16.8. The standard InChI is InChI=1S/C25H25N5O4S/c1-16(33-3)29-35-25(9-10-25)15-34-23-21-19(8-11-27-23)12-20(24(32)30(21)2)22(31)28-14-18-6-4-17(13-26)5-7-18/h4-8,11-12H,9-10,14-15H2,1-3H3,(H,28,31)/b29-16-. The molecule has 2 heterocycles. The number of rotatable bonds is 8. The second-order valence-electron chi connectivity index (χ2n) is 8.34. The number of aromatic nitrogens is 2. The Hall–Kier alpha value is -3.84. The Bertz CT molecular complexity index is 1390. The number of nitriles is 1. The average molecular weight is 492 g/mol. The predicted molar refractivity (Wildman–Crippen MR) is 134 cm³/mol. The van der Waals surface area contributed by atoms with Gasteiger partial charge < -0.3 is 19.4 Å². The summed E-state index contributed by atoms with van der Waals surface area (Å²) in [6, 6.07) is 12.3. The van der Waals surface area contributed by atoms with Gasteiger partial charge in [0.05, 0.1) is 23.5 Å². The van der Waals surface area contributed by atoms with Gasteiger partial charge in [-0.15, -0.1) is 0 Å². The number of aryl methyl sites for hydroxylation is 1. The van der Waals surface area contributed by atoms with Gasteiger partial charge in [0.2, 0.25) is 5.88 Å². The first-order chi connectivity index (χ1) is 16.9. The van der Waals surface area contributed by atoms with Crippen molar-refractivity contribution in [2.24, 2.45) is 11.4 Å². The molecule has 0 bridgehead atoms. The molecule has 180 valence electrons. The number of hydrogen-bond acceptors (Lipinski definition) is 8. The third-order valence-corrected chi connectivity index (χ3v) is 7.08. The highest BCUT2D eigenvalue weighted by atomic mass is 32.2. The number of methoxy groups -OCH3 is 1. The fourth-order valence-electron chi connectivity index (χ4n) is 3.44. The van der Waals surface area contributed by atoms with Gasteiger partial charge in [-0.1, -0.05) is 12.1 Å². The minimum atomic E-state index is -0.476. The van der Waals surface area contributed by atoms with Crippen LogP contribution in [0.15, 0.2) is 51.8 Å². The maximum atomic E-state index is 13.0. The van der Waals surface area contributed by atoms with Crippen LogP contribution in [0.4, 0.5) is 0 Å². The highest BCUT2D eigenvalue weighted by molar-refractivity contribution is 7.99. The normalized spacial score (nSPS) is 14.3. The van der Waals surface area contributed by atoms with Crippen LogP contribution in [0.3, 0.4) is 0 Å². The fraction of sp³-hybridized carbons (Fsp3) is 0.320. The van der Waals surface area contributed by atoms with Crippen LogP contribution in [-0.2, 0) is 18.3 Å². The Morgan fingerprint density at radius 1 is 1.31 bits per heavy atom. The Balaban J connectivity index is 1.52. The number of ether oxygens (including phenoxy) is 2. The van der Waals surface area contributed by atoms with E-state index in [1.807, 2.05) is 0 Å². The number of fused-ring (bicyclic) bond motifs is 1. The topological polar surface area (TPSA) is 119 Å². The molecule has 4 rings (SSSR count). The van der Waals surface area contributed by atoms with Crippen LogP contribution in [0.25, 0.3) is 10.9 Å². The lowest BCUT2D eigenvalue weighted by Gasteiger charge is -2.16. The molecular formula is C25H25N5O4S. The summed E-state index contributed by atoms with van der Waals surface area (Å²) in [5.41, 5.74) is 1.48. The molecule has 9 nitrogen and oxygen atoms in total. The zero-order chi connectivity index (χ0) is 25.0. The molecule has 1 fully saturated rings. The first-order valence-electron chi connectivity index (χ1n) is 11.0. The zero-order valence-corrected chi connectivity index (χ0v) is 20.5. The van der Waals surface area contributed by atoms with Crippen LogP contribution in [0.2, 0.25) is 0 Å². The van der Waals surface area contributed by atoms with Crippen LogP contribution in [0, 0.1) is 11.3 Å². The van der Waals surface area contributed by atoms with Crippen molar-refractivity contribution in [3.63, 3.8) is 0 Å². The van der Waals surface area contributed by atoms with Crippen molar-refractivity contribution >= 4 is 34.7 Å². The summed E-state index contributed by atoms with van der Waals surface area (Å²) in [6.45, 7) is 2.43. The van der Waals surface area contributed by atoms with Crippen molar-refractivity contribution in [1.82, 2.24) is 14.9 Å². The summed E-state index contributed by atoms with van der Waals surface area (Å²) in [5, 5.41) is 12.4. The lowest BCUT2D eigenvalue weighted by molar-refractivity contribution is 0.0949. The van der Waals surface area contributed by atoms with Gasteiger partial charge in [0.25, 0.3) is 11.5 Å². The number of hydrogen-bond donors (Lipinski definition) is 1. The molecule has 1 saturated carbocycles. The molecule has 35 heavy (non-hydrogen) atoms. The number of amides is 1. The first kappa shape index (κ1) is 24.3. The van der Waals surface area contributed by atoms with E-state index in [9.17, 15) is 9.59 Å². The van der Waals surface area contributed by atoms with E-state index in [1.165, 1.54) is 16.5 Å². The zero-order valence-electron chi connectivity index (χ0n) is 19.7. The monoisotopic (exact) mass is 491 g/mol. The number of nitrogens with one attached hydrogen (secondary N) is 1. The number of carbonyl (C=O) groups is 1. The number of nitrogens with zero attached hydrogens (tertiary/aromatic N) is 4. The largest absolute Gasteiger partial charge is 0.484 e. The van der Waals surface area contributed by atoms with E-state index in [-0.39, 0.29) is 16.9 Å². The van der Waals surface area contributed by atoms with Gasteiger partial charge >= 0.3 is 0 Å². The molecule has 1 aliphatic carbocycles. The maximum absolute atomic E-state index is 13.0. The summed E-state index contributed by atoms with van der Waals surface area (Å²) in [4.78, 5) is 30.2. The first-order valence-corrected chi connectivity index (χ1v) is 11.8. The van der Waals surface area contributed by atoms with Gasteiger partial charge in [-0.3, -0.25) is 9.59 Å². The van der Waals surface area contributed by atoms with E-state index in [2.05, 4.69) is 20.8 Å². The van der Waals surface area contributed by atoms with E-state index in [4.69, 9.17) is 14.7 Å². The Labute approximate surface area is 206 Å². The average Bonchev–Trinajstić information content (AvgIpc) is 3.66. The summed E-state index contributed by atoms with van der Waals surface area (Å²) in [5.74, 6) is 0.457. The smallest absolute Gasteiger partial charge is 0.263 e. The van der Waals surface area contributed by atoms with Gasteiger partial charge in [-0.05, 0) is 54.6 Å². The van der Waals surface area contributed by atoms with Crippen molar-refractivity contribution in [3.8, 4) is 11.9 Å². The van der Waals surface area contributed by atoms with E-state index >= 15 is 0 Å². The van der Waals surface area contributed by atoms with Crippen LogP contribution in [-0.4, -0.2) is 39.8 Å². The van der Waals surface area contributed by atoms with Crippen LogP contribution >= 0.6 is 11.9 Å². The Morgan fingerprint density at radius 2 is 2.06 bits per heavy atom. The van der Waals surface area contributed by atoms with Crippen molar-refractivity contribution in [2.75, 3.05) is 13.7 Å². The molecule has 0 saturated heterocycles. The van der Waals surface area contributed by atoms with Crippen LogP contribution in [0.1, 0.15) is 41.3 Å². The molecule has 1 amide bonds. The second kappa shape index (κ2) is 10.2. The number of pyridine rings is 2. The molecule has 0 aliphatic heterocycles. The minimum Gasteiger partial charge on any atom is -0.484 e. The van der Waals surface area contributed by atoms with Gasteiger partial charge in [0, 0.05) is 32.1 Å². The van der Waals surface area contributed by atoms with E-state index in [0.717, 1.165) is 18.4 Å². The molecule has 10 heteroatoms. The third kappa shape index (κ3) is 5.46. The molecule has 3 aromatic rings. The third-order valence-electron chi connectivity index (χ3n) is 5.82. The van der Waals surface area contributed by atoms with Gasteiger partial charge in [0.1, 0.15) is 17.7 Å². The van der Waals surface area contributed by atoms with E-state index in [0.29, 0.717) is 34.9 Å². The van der Waals surface area contributed by atoms with Crippen LogP contribution < -0.4 is 15.6 Å². The predicted octanol–water partition coefficient (Wildman–Crippen LogP) is 3.36. The highest BCUT2D eigenvalue weighted by Crippen LogP contribution is 2.49. The van der Waals surface area contributed by atoms with E-state index < -0.39 is 11.5 Å². The summed E-state index contributed by atoms with van der Waals surface area (Å²) >= 11 is 1.44. The molecule has 1 aromatic carbocycles. The maximum Gasteiger partial charge on any atom is 0.263 e. The molecular weight excluding hydrogens is 466 g/mol. The molecule has 1 aliphatic rings. The number of carbonyl (C=O) groups excluding carboxylic acids is 1. The molecule has 0 radical (unpaired) electrons. The Morgan fingerprint density at radius 3 is 2.71 bits per heavy atom. The van der Waals surface area contributed by atoms with Gasteiger partial charge in [0.15, 0.2) is 5.90 Å². The van der Waals surface area contributed by atoms with Crippen molar-refractivity contribution < 1.29 is 14.3 Å². The highest BCUT2D eigenvalue weighted by Gasteiger charge is 2.45. The van der Waals surface area contributed by atoms with Crippen molar-refractivity contribution in [1.29, 1.82) is 5.26 Å². The summed E-state index contributed by atoms with van der Waals surface area (Å²) in [6.07, 6.45) is 3.53. The second-order valence-corrected chi connectivity index (χ2v) is 9.58.